The SMILES string of the molecule is CCCCCCCCCC(C#N)CCCCCC1OC2CCC(CC2)O1. The van der Waals surface area contributed by atoms with E-state index in [1.807, 2.05) is 0 Å². The molecule has 0 spiro atoms. The van der Waals surface area contributed by atoms with Gasteiger partial charge in [-0.25, -0.2) is 0 Å². The normalized spacial score (nSPS) is 26.4. The third-order valence-electron chi connectivity index (χ3n) is 6.14. The van der Waals surface area contributed by atoms with Crippen molar-refractivity contribution >= 4 is 0 Å². The van der Waals surface area contributed by atoms with Gasteiger partial charge in [0.1, 0.15) is 0 Å². The van der Waals surface area contributed by atoms with E-state index in [1.165, 1.54) is 89.9 Å². The maximum Gasteiger partial charge on any atom is 0.158 e. The minimum Gasteiger partial charge on any atom is -0.349 e. The number of hydrogen-bond donors (Lipinski definition) is 0. The fourth-order valence-corrected chi connectivity index (χ4v) is 4.40. The molecule has 26 heavy (non-hydrogen) atoms. The molecule has 1 atom stereocenters. The average Bonchev–Trinajstić information content (AvgIpc) is 2.98. The molecule has 2 aliphatic heterocycles. The Morgan fingerprint density at radius 1 is 0.769 bits per heavy atom. The second kappa shape index (κ2) is 13.6. The molecule has 2 bridgehead atoms. The highest BCUT2D eigenvalue weighted by Gasteiger charge is 2.31. The van der Waals surface area contributed by atoms with E-state index in [4.69, 9.17) is 9.47 Å². The van der Waals surface area contributed by atoms with Crippen molar-refractivity contribution in [2.75, 3.05) is 0 Å². The Balaban J connectivity index is 1.44. The fourth-order valence-electron chi connectivity index (χ4n) is 4.40. The van der Waals surface area contributed by atoms with Gasteiger partial charge >= 0.3 is 0 Å². The first-order valence-corrected chi connectivity index (χ1v) is 11.5. The summed E-state index contributed by atoms with van der Waals surface area (Å²) in [5.41, 5.74) is 0. The predicted molar refractivity (Wildman–Crippen MR) is 107 cm³/mol. The molecule has 0 radical (unpaired) electrons. The molecule has 150 valence electrons. The summed E-state index contributed by atoms with van der Waals surface area (Å²) in [7, 11) is 0. The first-order chi connectivity index (χ1) is 12.8. The standard InChI is InChI=1S/C23H41NO2/c1-2-3-4-5-6-7-9-12-20(19-24)13-10-8-11-14-23-25-21-15-16-22(26-23)18-17-21/h20-23H,2-18H2,1H3. The van der Waals surface area contributed by atoms with Crippen molar-refractivity contribution in [1.82, 2.24) is 0 Å². The molecule has 0 aromatic heterocycles. The van der Waals surface area contributed by atoms with E-state index in [2.05, 4.69) is 13.0 Å². The highest BCUT2D eigenvalue weighted by atomic mass is 16.7. The summed E-state index contributed by atoms with van der Waals surface area (Å²) in [6.07, 6.45) is 21.7. The van der Waals surface area contributed by atoms with Crippen molar-refractivity contribution in [3.8, 4) is 6.07 Å². The number of nitriles is 1. The molecule has 3 aliphatic rings. The summed E-state index contributed by atoms with van der Waals surface area (Å²) in [6.45, 7) is 2.26. The molecule has 0 aromatic rings. The van der Waals surface area contributed by atoms with Crippen LogP contribution in [0, 0.1) is 17.2 Å². The van der Waals surface area contributed by atoms with Gasteiger partial charge in [0, 0.05) is 5.92 Å². The van der Waals surface area contributed by atoms with Crippen molar-refractivity contribution in [1.29, 1.82) is 5.26 Å². The molecule has 3 nitrogen and oxygen atoms in total. The molecule has 0 N–H and O–H groups in total. The van der Waals surface area contributed by atoms with Gasteiger partial charge in [-0.05, 0) is 51.4 Å². The number of rotatable bonds is 14. The highest BCUT2D eigenvalue weighted by Crippen LogP contribution is 2.31. The smallest absolute Gasteiger partial charge is 0.158 e. The van der Waals surface area contributed by atoms with Crippen molar-refractivity contribution < 1.29 is 9.47 Å². The van der Waals surface area contributed by atoms with Crippen LogP contribution in [0.4, 0.5) is 0 Å². The summed E-state index contributed by atoms with van der Waals surface area (Å²) in [6, 6.07) is 2.53. The van der Waals surface area contributed by atoms with Crippen LogP contribution in [0.1, 0.15) is 116 Å². The van der Waals surface area contributed by atoms with Gasteiger partial charge in [-0.1, -0.05) is 64.7 Å². The summed E-state index contributed by atoms with van der Waals surface area (Å²) >= 11 is 0. The molecule has 2 saturated heterocycles. The van der Waals surface area contributed by atoms with E-state index in [0.29, 0.717) is 12.2 Å². The lowest BCUT2D eigenvalue weighted by Crippen LogP contribution is -2.19. The molecular formula is C23H41NO2. The topological polar surface area (TPSA) is 42.2 Å². The second-order valence-corrected chi connectivity index (χ2v) is 8.47. The van der Waals surface area contributed by atoms with Gasteiger partial charge in [-0.3, -0.25) is 0 Å². The van der Waals surface area contributed by atoms with Gasteiger partial charge < -0.3 is 9.47 Å². The molecule has 2 heterocycles. The van der Waals surface area contributed by atoms with Crippen molar-refractivity contribution in [3.05, 3.63) is 0 Å². The Morgan fingerprint density at radius 2 is 1.27 bits per heavy atom. The third kappa shape index (κ3) is 8.87. The first-order valence-electron chi connectivity index (χ1n) is 11.5. The lowest BCUT2D eigenvalue weighted by molar-refractivity contribution is -0.160. The first kappa shape index (κ1) is 21.7. The van der Waals surface area contributed by atoms with Gasteiger partial charge in [-0.2, -0.15) is 5.26 Å². The monoisotopic (exact) mass is 363 g/mol. The lowest BCUT2D eigenvalue weighted by Gasteiger charge is -2.19. The maximum atomic E-state index is 9.37. The van der Waals surface area contributed by atoms with Gasteiger partial charge in [0.05, 0.1) is 18.3 Å². The zero-order valence-electron chi connectivity index (χ0n) is 17.1. The van der Waals surface area contributed by atoms with Crippen molar-refractivity contribution in [3.63, 3.8) is 0 Å². The Morgan fingerprint density at radius 3 is 1.81 bits per heavy atom. The van der Waals surface area contributed by atoms with Crippen LogP contribution in [0.3, 0.4) is 0 Å². The number of ether oxygens (including phenoxy) is 2. The van der Waals surface area contributed by atoms with Crippen LogP contribution in [0.25, 0.3) is 0 Å². The molecule has 1 unspecified atom stereocenters. The molecule has 3 fully saturated rings. The molecule has 1 saturated carbocycles. The largest absolute Gasteiger partial charge is 0.349 e. The third-order valence-corrected chi connectivity index (χ3v) is 6.14. The van der Waals surface area contributed by atoms with Crippen LogP contribution in [0.5, 0.6) is 0 Å². The zero-order chi connectivity index (χ0) is 18.5. The summed E-state index contributed by atoms with van der Waals surface area (Å²) in [4.78, 5) is 0. The van der Waals surface area contributed by atoms with Crippen molar-refractivity contribution in [2.24, 2.45) is 5.92 Å². The highest BCUT2D eigenvalue weighted by molar-refractivity contribution is 4.82. The predicted octanol–water partition coefficient (Wildman–Crippen LogP) is 6.90. The Hall–Kier alpha value is -0.590. The number of fused-ring (bicyclic) bond motifs is 4. The Kier molecular flexibility index (Phi) is 11.3. The Bertz CT molecular complexity index is 370. The van der Waals surface area contributed by atoms with Gasteiger partial charge in [0.15, 0.2) is 6.29 Å². The Labute approximate surface area is 161 Å². The lowest BCUT2D eigenvalue weighted by atomic mass is 9.95. The van der Waals surface area contributed by atoms with E-state index in [0.717, 1.165) is 19.3 Å². The van der Waals surface area contributed by atoms with Crippen LogP contribution in [0.2, 0.25) is 0 Å². The van der Waals surface area contributed by atoms with E-state index in [1.54, 1.807) is 0 Å². The fraction of sp³-hybridized carbons (Fsp3) is 0.957. The number of unbranched alkanes of at least 4 members (excludes halogenated alkanes) is 8. The number of nitrogens with zero attached hydrogens (tertiary/aromatic N) is 1. The van der Waals surface area contributed by atoms with Gasteiger partial charge in [-0.15, -0.1) is 0 Å². The van der Waals surface area contributed by atoms with E-state index >= 15 is 0 Å². The van der Waals surface area contributed by atoms with Crippen LogP contribution in [-0.4, -0.2) is 18.5 Å². The van der Waals surface area contributed by atoms with E-state index in [-0.39, 0.29) is 12.2 Å². The van der Waals surface area contributed by atoms with Crippen LogP contribution in [0.15, 0.2) is 0 Å². The zero-order valence-corrected chi connectivity index (χ0v) is 17.1. The minimum atomic E-state index is 0.0365. The molecule has 0 aromatic carbocycles. The summed E-state index contributed by atoms with van der Waals surface area (Å²) in [5.74, 6) is 0.270. The van der Waals surface area contributed by atoms with Gasteiger partial charge in [0.2, 0.25) is 0 Å². The van der Waals surface area contributed by atoms with E-state index < -0.39 is 0 Å². The van der Waals surface area contributed by atoms with Crippen molar-refractivity contribution in [2.45, 2.75) is 135 Å². The average molecular weight is 364 g/mol. The second-order valence-electron chi connectivity index (χ2n) is 8.47. The summed E-state index contributed by atoms with van der Waals surface area (Å²) in [5, 5.41) is 9.37. The molecular weight excluding hydrogens is 322 g/mol. The quantitative estimate of drug-likeness (QED) is 0.315. The summed E-state index contributed by atoms with van der Waals surface area (Å²) < 4.78 is 12.2. The number of hydrogen-bond acceptors (Lipinski definition) is 3. The van der Waals surface area contributed by atoms with Crippen LogP contribution < -0.4 is 0 Å². The van der Waals surface area contributed by atoms with Crippen LogP contribution >= 0.6 is 0 Å². The van der Waals surface area contributed by atoms with Gasteiger partial charge in [0.25, 0.3) is 0 Å². The minimum absolute atomic E-state index is 0.0365. The van der Waals surface area contributed by atoms with Crippen LogP contribution in [-0.2, 0) is 9.47 Å². The molecule has 1 aliphatic carbocycles. The molecule has 0 amide bonds. The maximum absolute atomic E-state index is 9.37. The molecule has 3 rings (SSSR count). The van der Waals surface area contributed by atoms with E-state index in [9.17, 15) is 5.26 Å². The molecule has 3 heteroatoms.